The van der Waals surface area contributed by atoms with Crippen LogP contribution in [0.3, 0.4) is 0 Å². The fraction of sp³-hybridized carbons (Fsp3) is 0.667. The van der Waals surface area contributed by atoms with E-state index in [0.29, 0.717) is 17.7 Å². The largest absolute Gasteiger partial charge is 0.299 e. The Bertz CT molecular complexity index is 372. The Kier molecular flexibility index (Phi) is 4.95. The molecule has 1 aliphatic rings. The number of Topliss-reactive ketones (excluding diaryl/α,β-unsaturated/α-hetero) is 1. The standard InChI is InChI=1S/C15H23NOS/c1-12(2)16(11-14-6-4-10-18-14)9-8-13-5-3-7-15(13)17/h4,6,10,12-13H,3,5,7-9,11H2,1-2H3. The highest BCUT2D eigenvalue weighted by molar-refractivity contribution is 7.09. The van der Waals surface area contributed by atoms with Crippen molar-refractivity contribution in [3.05, 3.63) is 22.4 Å². The van der Waals surface area contributed by atoms with E-state index in [4.69, 9.17) is 0 Å². The van der Waals surface area contributed by atoms with Crippen molar-refractivity contribution >= 4 is 17.1 Å². The van der Waals surface area contributed by atoms with Gasteiger partial charge in [-0.1, -0.05) is 6.07 Å². The van der Waals surface area contributed by atoms with E-state index in [1.165, 1.54) is 4.88 Å². The van der Waals surface area contributed by atoms with Crippen LogP contribution in [0.4, 0.5) is 0 Å². The molecule has 1 aliphatic carbocycles. The monoisotopic (exact) mass is 265 g/mol. The van der Waals surface area contributed by atoms with Crippen LogP contribution in [-0.4, -0.2) is 23.3 Å². The summed E-state index contributed by atoms with van der Waals surface area (Å²) in [6, 6.07) is 4.85. The normalized spacial score (nSPS) is 20.2. The van der Waals surface area contributed by atoms with Crippen molar-refractivity contribution in [2.45, 2.75) is 52.1 Å². The van der Waals surface area contributed by atoms with Gasteiger partial charge in [-0.05, 0) is 51.1 Å². The zero-order valence-electron chi connectivity index (χ0n) is 11.4. The highest BCUT2D eigenvalue weighted by atomic mass is 32.1. The van der Waals surface area contributed by atoms with E-state index in [0.717, 1.165) is 38.8 Å². The maximum atomic E-state index is 11.7. The fourth-order valence-electron chi connectivity index (χ4n) is 2.64. The van der Waals surface area contributed by atoms with E-state index >= 15 is 0 Å². The van der Waals surface area contributed by atoms with E-state index in [1.54, 1.807) is 0 Å². The number of hydrogen-bond donors (Lipinski definition) is 0. The lowest BCUT2D eigenvalue weighted by Crippen LogP contribution is -2.32. The summed E-state index contributed by atoms with van der Waals surface area (Å²) >= 11 is 1.82. The minimum atomic E-state index is 0.342. The number of rotatable bonds is 6. The van der Waals surface area contributed by atoms with Crippen LogP contribution in [0.5, 0.6) is 0 Å². The van der Waals surface area contributed by atoms with Gasteiger partial charge in [0.1, 0.15) is 5.78 Å². The number of thiophene rings is 1. The van der Waals surface area contributed by atoms with E-state index in [1.807, 2.05) is 11.3 Å². The van der Waals surface area contributed by atoms with Gasteiger partial charge in [0.15, 0.2) is 0 Å². The van der Waals surface area contributed by atoms with E-state index in [2.05, 4.69) is 36.3 Å². The number of nitrogens with zero attached hydrogens (tertiary/aromatic N) is 1. The molecule has 0 aliphatic heterocycles. The van der Waals surface area contributed by atoms with Crippen molar-refractivity contribution in [1.29, 1.82) is 0 Å². The van der Waals surface area contributed by atoms with Crippen molar-refractivity contribution in [3.8, 4) is 0 Å². The van der Waals surface area contributed by atoms with E-state index < -0.39 is 0 Å². The topological polar surface area (TPSA) is 20.3 Å². The predicted octanol–water partition coefficient (Wildman–Crippen LogP) is 3.72. The molecule has 1 aromatic rings. The van der Waals surface area contributed by atoms with Crippen LogP contribution in [0.25, 0.3) is 0 Å². The molecule has 1 atom stereocenters. The van der Waals surface area contributed by atoms with E-state index in [-0.39, 0.29) is 0 Å². The molecule has 1 heterocycles. The molecule has 0 saturated heterocycles. The number of ketones is 1. The SMILES string of the molecule is CC(C)N(CCC1CCCC1=O)Cc1cccs1. The Morgan fingerprint density at radius 3 is 2.89 bits per heavy atom. The molecule has 1 aromatic heterocycles. The van der Waals surface area contributed by atoms with Gasteiger partial charge >= 0.3 is 0 Å². The van der Waals surface area contributed by atoms with Crippen molar-refractivity contribution in [2.75, 3.05) is 6.54 Å². The molecule has 0 radical (unpaired) electrons. The van der Waals surface area contributed by atoms with Crippen LogP contribution in [0.1, 0.15) is 44.4 Å². The molecule has 0 aromatic carbocycles. The lowest BCUT2D eigenvalue weighted by molar-refractivity contribution is -0.120. The summed E-state index contributed by atoms with van der Waals surface area (Å²) in [5.74, 6) is 0.837. The number of carbonyl (C=O) groups excluding carboxylic acids is 1. The molecule has 1 saturated carbocycles. The summed E-state index contributed by atoms with van der Waals surface area (Å²) in [6.45, 7) is 6.55. The van der Waals surface area contributed by atoms with E-state index in [9.17, 15) is 4.79 Å². The average Bonchev–Trinajstić information content (AvgIpc) is 2.96. The predicted molar refractivity (Wildman–Crippen MR) is 76.8 cm³/mol. The third-order valence-corrected chi connectivity index (χ3v) is 4.73. The van der Waals surface area contributed by atoms with Gasteiger partial charge in [-0.25, -0.2) is 0 Å². The molecule has 1 unspecified atom stereocenters. The van der Waals surface area contributed by atoms with Gasteiger partial charge in [0, 0.05) is 29.8 Å². The highest BCUT2D eigenvalue weighted by Gasteiger charge is 2.25. The third-order valence-electron chi connectivity index (χ3n) is 3.87. The first-order valence-electron chi connectivity index (χ1n) is 6.96. The van der Waals surface area contributed by atoms with Gasteiger partial charge in [0.05, 0.1) is 0 Å². The van der Waals surface area contributed by atoms with Crippen LogP contribution in [0, 0.1) is 5.92 Å². The van der Waals surface area contributed by atoms with Crippen LogP contribution in [0.15, 0.2) is 17.5 Å². The summed E-state index contributed by atoms with van der Waals surface area (Å²) in [5, 5.41) is 2.13. The molecule has 100 valence electrons. The van der Waals surface area contributed by atoms with Gasteiger partial charge in [-0.15, -0.1) is 11.3 Å². The van der Waals surface area contributed by atoms with Crippen molar-refractivity contribution in [1.82, 2.24) is 4.90 Å². The van der Waals surface area contributed by atoms with Gasteiger partial charge in [0.2, 0.25) is 0 Å². The lowest BCUT2D eigenvalue weighted by atomic mass is 10.0. The molecular weight excluding hydrogens is 242 g/mol. The van der Waals surface area contributed by atoms with Crippen LogP contribution in [0.2, 0.25) is 0 Å². The highest BCUT2D eigenvalue weighted by Crippen LogP contribution is 2.25. The van der Waals surface area contributed by atoms with Gasteiger partial charge in [0.25, 0.3) is 0 Å². The lowest BCUT2D eigenvalue weighted by Gasteiger charge is -2.26. The summed E-state index contributed by atoms with van der Waals surface area (Å²) in [4.78, 5) is 15.6. The fourth-order valence-corrected chi connectivity index (χ4v) is 3.37. The molecular formula is C15H23NOS. The zero-order valence-corrected chi connectivity index (χ0v) is 12.2. The maximum absolute atomic E-state index is 11.7. The molecule has 1 fully saturated rings. The molecule has 3 heteroatoms. The second kappa shape index (κ2) is 6.48. The number of carbonyl (C=O) groups is 1. The van der Waals surface area contributed by atoms with Crippen molar-refractivity contribution < 1.29 is 4.79 Å². The molecule has 0 N–H and O–H groups in total. The summed E-state index contributed by atoms with van der Waals surface area (Å²) in [6.07, 6.45) is 4.08. The molecule has 0 bridgehead atoms. The molecule has 0 amide bonds. The minimum Gasteiger partial charge on any atom is -0.299 e. The first-order chi connectivity index (χ1) is 8.66. The van der Waals surface area contributed by atoms with Crippen molar-refractivity contribution in [3.63, 3.8) is 0 Å². The van der Waals surface area contributed by atoms with Gasteiger partial charge in [-0.2, -0.15) is 0 Å². The first kappa shape index (κ1) is 13.8. The Labute approximate surface area is 114 Å². The van der Waals surface area contributed by atoms with Crippen LogP contribution < -0.4 is 0 Å². The zero-order chi connectivity index (χ0) is 13.0. The quantitative estimate of drug-likeness (QED) is 0.781. The Balaban J connectivity index is 1.84. The van der Waals surface area contributed by atoms with Crippen LogP contribution >= 0.6 is 11.3 Å². The van der Waals surface area contributed by atoms with Crippen molar-refractivity contribution in [2.24, 2.45) is 5.92 Å². The Morgan fingerprint density at radius 1 is 1.50 bits per heavy atom. The van der Waals surface area contributed by atoms with Crippen LogP contribution in [-0.2, 0) is 11.3 Å². The smallest absolute Gasteiger partial charge is 0.136 e. The molecule has 2 nitrogen and oxygen atoms in total. The average molecular weight is 265 g/mol. The summed E-state index contributed by atoms with van der Waals surface area (Å²) in [7, 11) is 0. The van der Waals surface area contributed by atoms with Gasteiger partial charge < -0.3 is 0 Å². The number of hydrogen-bond acceptors (Lipinski definition) is 3. The maximum Gasteiger partial charge on any atom is 0.136 e. The second-order valence-corrected chi connectivity index (χ2v) is 6.52. The Morgan fingerprint density at radius 2 is 2.33 bits per heavy atom. The minimum absolute atomic E-state index is 0.342. The first-order valence-corrected chi connectivity index (χ1v) is 7.84. The molecule has 0 spiro atoms. The summed E-state index contributed by atoms with van der Waals surface area (Å²) in [5.41, 5.74) is 0. The Hall–Kier alpha value is -0.670. The second-order valence-electron chi connectivity index (χ2n) is 5.49. The third kappa shape index (κ3) is 3.66. The van der Waals surface area contributed by atoms with Gasteiger partial charge in [-0.3, -0.25) is 9.69 Å². The molecule has 2 rings (SSSR count). The summed E-state index contributed by atoms with van der Waals surface area (Å²) < 4.78 is 0. The molecule has 18 heavy (non-hydrogen) atoms.